The maximum Gasteiger partial charge on any atom is 0.160 e. The van der Waals surface area contributed by atoms with Gasteiger partial charge in [0.2, 0.25) is 0 Å². The van der Waals surface area contributed by atoms with Crippen LogP contribution in [0.1, 0.15) is 36.7 Å². The first-order valence-corrected chi connectivity index (χ1v) is 7.71. The quantitative estimate of drug-likeness (QED) is 0.812. The molecule has 20 heavy (non-hydrogen) atoms. The van der Waals surface area contributed by atoms with E-state index in [2.05, 4.69) is 16.5 Å². The monoisotopic (exact) mass is 293 g/mol. The second-order valence-corrected chi connectivity index (χ2v) is 5.79. The van der Waals surface area contributed by atoms with Crippen LogP contribution in [0.5, 0.6) is 0 Å². The lowest BCUT2D eigenvalue weighted by Gasteiger charge is -2.22. The SMILES string of the molecule is COC1CCCC1n1c(CCCl)nc2c(C)ccnc21. The molecule has 0 amide bonds. The first kappa shape index (κ1) is 13.8. The van der Waals surface area contributed by atoms with Gasteiger partial charge < -0.3 is 9.30 Å². The fourth-order valence-corrected chi connectivity index (χ4v) is 3.41. The minimum absolute atomic E-state index is 0.254. The van der Waals surface area contributed by atoms with Gasteiger partial charge in [-0.2, -0.15) is 0 Å². The zero-order valence-electron chi connectivity index (χ0n) is 12.0. The van der Waals surface area contributed by atoms with E-state index in [1.165, 1.54) is 6.42 Å². The number of alkyl halides is 1. The Morgan fingerprint density at radius 2 is 2.30 bits per heavy atom. The van der Waals surface area contributed by atoms with Crippen molar-refractivity contribution < 1.29 is 4.74 Å². The first-order chi connectivity index (χ1) is 9.76. The lowest BCUT2D eigenvalue weighted by atomic mass is 10.2. The van der Waals surface area contributed by atoms with Crippen LogP contribution in [0.15, 0.2) is 12.3 Å². The Kier molecular flexibility index (Phi) is 3.94. The van der Waals surface area contributed by atoms with Crippen LogP contribution in [0.4, 0.5) is 0 Å². The third kappa shape index (κ3) is 2.21. The summed E-state index contributed by atoms with van der Waals surface area (Å²) in [5.74, 6) is 1.61. The summed E-state index contributed by atoms with van der Waals surface area (Å²) in [4.78, 5) is 9.34. The van der Waals surface area contributed by atoms with E-state index in [4.69, 9.17) is 21.3 Å². The number of hydrogen-bond donors (Lipinski definition) is 0. The summed E-state index contributed by atoms with van der Waals surface area (Å²) in [5, 5.41) is 0. The van der Waals surface area contributed by atoms with Gasteiger partial charge in [-0.05, 0) is 37.8 Å². The molecule has 1 aliphatic rings. The van der Waals surface area contributed by atoms with Crippen LogP contribution in [0.3, 0.4) is 0 Å². The third-order valence-corrected chi connectivity index (χ3v) is 4.41. The highest BCUT2D eigenvalue weighted by molar-refractivity contribution is 6.17. The van der Waals surface area contributed by atoms with Crippen LogP contribution < -0.4 is 0 Å². The Labute approximate surface area is 124 Å². The molecule has 108 valence electrons. The van der Waals surface area contributed by atoms with Crippen LogP contribution >= 0.6 is 11.6 Å². The van der Waals surface area contributed by atoms with Gasteiger partial charge in [-0.25, -0.2) is 9.97 Å². The van der Waals surface area contributed by atoms with Gasteiger partial charge in [0, 0.05) is 25.6 Å². The van der Waals surface area contributed by atoms with Crippen molar-refractivity contribution in [2.45, 2.75) is 44.8 Å². The van der Waals surface area contributed by atoms with Crippen molar-refractivity contribution in [2.75, 3.05) is 13.0 Å². The Morgan fingerprint density at radius 3 is 3.05 bits per heavy atom. The predicted octanol–water partition coefficient (Wildman–Crippen LogP) is 3.26. The number of halogens is 1. The molecule has 2 atom stereocenters. The molecule has 0 aliphatic heterocycles. The fraction of sp³-hybridized carbons (Fsp3) is 0.600. The molecule has 0 N–H and O–H groups in total. The van der Waals surface area contributed by atoms with Crippen molar-refractivity contribution in [3.63, 3.8) is 0 Å². The normalized spacial score (nSPS) is 22.8. The van der Waals surface area contributed by atoms with E-state index in [0.29, 0.717) is 11.9 Å². The molecule has 0 radical (unpaired) electrons. The smallest absolute Gasteiger partial charge is 0.160 e. The van der Waals surface area contributed by atoms with Crippen molar-refractivity contribution in [3.05, 3.63) is 23.7 Å². The van der Waals surface area contributed by atoms with Crippen LogP contribution in [-0.2, 0) is 11.2 Å². The zero-order chi connectivity index (χ0) is 14.1. The van der Waals surface area contributed by atoms with E-state index in [1.54, 1.807) is 7.11 Å². The summed E-state index contributed by atoms with van der Waals surface area (Å²) in [6.07, 6.45) is 6.29. The highest BCUT2D eigenvalue weighted by atomic mass is 35.5. The molecule has 1 saturated carbocycles. The van der Waals surface area contributed by atoms with Crippen molar-refractivity contribution in [1.82, 2.24) is 14.5 Å². The van der Waals surface area contributed by atoms with Crippen molar-refractivity contribution in [1.29, 1.82) is 0 Å². The lowest BCUT2D eigenvalue weighted by molar-refractivity contribution is 0.0751. The van der Waals surface area contributed by atoms with Gasteiger partial charge in [0.25, 0.3) is 0 Å². The van der Waals surface area contributed by atoms with Crippen LogP contribution in [0, 0.1) is 6.92 Å². The van der Waals surface area contributed by atoms with Crippen molar-refractivity contribution in [3.8, 4) is 0 Å². The average molecular weight is 294 g/mol. The molecule has 0 aromatic carbocycles. The molecule has 3 rings (SSSR count). The first-order valence-electron chi connectivity index (χ1n) is 7.17. The molecule has 2 aromatic rings. The highest BCUT2D eigenvalue weighted by Gasteiger charge is 2.32. The molecule has 4 nitrogen and oxygen atoms in total. The number of hydrogen-bond acceptors (Lipinski definition) is 3. The number of imidazole rings is 1. The van der Waals surface area contributed by atoms with E-state index in [0.717, 1.165) is 41.8 Å². The van der Waals surface area contributed by atoms with Gasteiger partial charge in [0.15, 0.2) is 5.65 Å². The second kappa shape index (κ2) is 5.70. The second-order valence-electron chi connectivity index (χ2n) is 5.41. The number of aryl methyl sites for hydroxylation is 2. The van der Waals surface area contributed by atoms with E-state index in [1.807, 2.05) is 12.3 Å². The number of pyridine rings is 1. The minimum atomic E-state index is 0.254. The summed E-state index contributed by atoms with van der Waals surface area (Å²) < 4.78 is 7.92. The predicted molar refractivity (Wildman–Crippen MR) is 80.4 cm³/mol. The number of fused-ring (bicyclic) bond motifs is 1. The molecular weight excluding hydrogens is 274 g/mol. The van der Waals surface area contributed by atoms with E-state index >= 15 is 0 Å². The summed E-state index contributed by atoms with van der Waals surface area (Å²) in [6, 6.07) is 2.34. The number of rotatable bonds is 4. The molecule has 2 aromatic heterocycles. The Balaban J connectivity index is 2.16. The zero-order valence-corrected chi connectivity index (χ0v) is 12.7. The number of nitrogens with zero attached hydrogens (tertiary/aromatic N) is 3. The van der Waals surface area contributed by atoms with Gasteiger partial charge in [0.1, 0.15) is 11.3 Å². The molecule has 0 saturated heterocycles. The minimum Gasteiger partial charge on any atom is -0.379 e. The van der Waals surface area contributed by atoms with Crippen LogP contribution in [0.25, 0.3) is 11.2 Å². The molecule has 2 unspecified atom stereocenters. The molecule has 0 bridgehead atoms. The van der Waals surface area contributed by atoms with Gasteiger partial charge in [0.05, 0.1) is 12.1 Å². The molecule has 1 aliphatic carbocycles. The largest absolute Gasteiger partial charge is 0.379 e. The Bertz CT molecular complexity index is 610. The van der Waals surface area contributed by atoms with Crippen molar-refractivity contribution in [2.24, 2.45) is 0 Å². The van der Waals surface area contributed by atoms with Crippen LogP contribution in [0.2, 0.25) is 0 Å². The van der Waals surface area contributed by atoms with Crippen molar-refractivity contribution >= 4 is 22.8 Å². The standard InChI is InChI=1S/C15H20ClN3O/c1-10-7-9-17-15-14(10)18-13(6-8-16)19(15)11-4-3-5-12(11)20-2/h7,9,11-12H,3-6,8H2,1-2H3. The molecule has 2 heterocycles. The Morgan fingerprint density at radius 1 is 1.45 bits per heavy atom. The topological polar surface area (TPSA) is 39.9 Å². The van der Waals surface area contributed by atoms with Gasteiger partial charge in [-0.15, -0.1) is 11.6 Å². The van der Waals surface area contributed by atoms with Crippen LogP contribution in [-0.4, -0.2) is 33.6 Å². The van der Waals surface area contributed by atoms with Gasteiger partial charge in [-0.3, -0.25) is 0 Å². The average Bonchev–Trinajstić information content (AvgIpc) is 3.03. The maximum atomic E-state index is 5.95. The van der Waals surface area contributed by atoms with E-state index in [-0.39, 0.29) is 6.10 Å². The lowest BCUT2D eigenvalue weighted by Crippen LogP contribution is -2.22. The van der Waals surface area contributed by atoms with Gasteiger partial charge >= 0.3 is 0 Å². The fourth-order valence-electron chi connectivity index (χ4n) is 3.24. The van der Waals surface area contributed by atoms with Gasteiger partial charge in [-0.1, -0.05) is 0 Å². The number of methoxy groups -OCH3 is 1. The Hall–Kier alpha value is -1.13. The molecular formula is C15H20ClN3O. The molecule has 5 heteroatoms. The maximum absolute atomic E-state index is 5.95. The number of ether oxygens (including phenoxy) is 1. The summed E-state index contributed by atoms with van der Waals surface area (Å²) >= 11 is 5.95. The molecule has 0 spiro atoms. The summed E-state index contributed by atoms with van der Waals surface area (Å²) in [7, 11) is 1.79. The van der Waals surface area contributed by atoms with E-state index < -0.39 is 0 Å². The summed E-state index contributed by atoms with van der Waals surface area (Å²) in [6.45, 7) is 2.08. The molecule has 1 fully saturated rings. The van der Waals surface area contributed by atoms with E-state index in [9.17, 15) is 0 Å². The third-order valence-electron chi connectivity index (χ3n) is 4.22. The summed E-state index contributed by atoms with van der Waals surface area (Å²) in [5.41, 5.74) is 3.13. The highest BCUT2D eigenvalue weighted by Crippen LogP contribution is 2.35. The number of aromatic nitrogens is 3.